The van der Waals surface area contributed by atoms with Crippen molar-refractivity contribution in [2.45, 2.75) is 12.5 Å². The van der Waals surface area contributed by atoms with E-state index in [0.717, 1.165) is 17.7 Å². The van der Waals surface area contributed by atoms with Crippen molar-refractivity contribution in [1.82, 2.24) is 20.1 Å². The summed E-state index contributed by atoms with van der Waals surface area (Å²) in [6.45, 7) is 2.64. The molecular formula is C30H30ClN5O2S. The Morgan fingerprint density at radius 1 is 0.897 bits per heavy atom. The van der Waals surface area contributed by atoms with Crippen LogP contribution in [-0.4, -0.2) is 59.3 Å². The standard InChI is InChI=1S/C30H30ClN5O2S/c31-24-13-7-8-14-25(24)33-30-34-27(21-39-30)29(38)36-17-15-35(16-18-36)20-28(37)32-26(23-11-5-2-6-12-23)19-22-9-3-1-4-10-22/h1-14,21,26H,15-20H2,(H,32,37)(H,33,34)/t26-/m0/s1. The monoisotopic (exact) mass is 559 g/mol. The minimum absolute atomic E-state index is 0.0191. The predicted octanol–water partition coefficient (Wildman–Crippen LogP) is 5.40. The van der Waals surface area contributed by atoms with Crippen LogP contribution in [0.3, 0.4) is 0 Å². The summed E-state index contributed by atoms with van der Waals surface area (Å²) in [6, 6.07) is 27.6. The second-order valence-corrected chi connectivity index (χ2v) is 10.7. The van der Waals surface area contributed by atoms with Gasteiger partial charge in [0.15, 0.2) is 5.13 Å². The van der Waals surface area contributed by atoms with Crippen molar-refractivity contribution in [3.8, 4) is 0 Å². The number of benzene rings is 3. The van der Waals surface area contributed by atoms with Crippen LogP contribution in [0.15, 0.2) is 90.3 Å². The van der Waals surface area contributed by atoms with E-state index >= 15 is 0 Å². The third kappa shape index (κ3) is 7.23. The zero-order valence-corrected chi connectivity index (χ0v) is 23.0. The quantitative estimate of drug-likeness (QED) is 0.287. The van der Waals surface area contributed by atoms with Crippen molar-refractivity contribution >= 4 is 45.6 Å². The van der Waals surface area contributed by atoms with Gasteiger partial charge in [-0.3, -0.25) is 14.5 Å². The summed E-state index contributed by atoms with van der Waals surface area (Å²) in [5.41, 5.74) is 3.41. The zero-order valence-electron chi connectivity index (χ0n) is 21.4. The van der Waals surface area contributed by atoms with Gasteiger partial charge < -0.3 is 15.5 Å². The number of thiazole rings is 1. The molecule has 0 bridgehead atoms. The molecule has 9 heteroatoms. The van der Waals surface area contributed by atoms with Crippen LogP contribution in [0.25, 0.3) is 0 Å². The van der Waals surface area contributed by atoms with Gasteiger partial charge in [0.05, 0.1) is 23.3 Å². The number of amides is 2. The van der Waals surface area contributed by atoms with Gasteiger partial charge in [0, 0.05) is 31.6 Å². The molecule has 2 N–H and O–H groups in total. The molecule has 1 fully saturated rings. The van der Waals surface area contributed by atoms with Gasteiger partial charge in [-0.15, -0.1) is 11.3 Å². The molecule has 39 heavy (non-hydrogen) atoms. The number of nitrogens with one attached hydrogen (secondary N) is 2. The predicted molar refractivity (Wildman–Crippen MR) is 157 cm³/mol. The molecule has 1 aliphatic heterocycles. The molecule has 2 amide bonds. The first kappa shape index (κ1) is 26.9. The van der Waals surface area contributed by atoms with Crippen LogP contribution in [0.4, 0.5) is 10.8 Å². The minimum atomic E-state index is -0.109. The highest BCUT2D eigenvalue weighted by molar-refractivity contribution is 7.14. The van der Waals surface area contributed by atoms with Crippen molar-refractivity contribution in [3.05, 3.63) is 112 Å². The number of carbonyl (C=O) groups is 2. The first-order valence-electron chi connectivity index (χ1n) is 12.9. The van der Waals surface area contributed by atoms with E-state index in [1.165, 1.54) is 16.9 Å². The molecule has 1 aromatic heterocycles. The molecule has 3 aromatic carbocycles. The zero-order chi connectivity index (χ0) is 27.0. The molecule has 200 valence electrons. The number of para-hydroxylation sites is 1. The van der Waals surface area contributed by atoms with Crippen LogP contribution in [0.2, 0.25) is 5.02 Å². The molecule has 0 radical (unpaired) electrons. The smallest absolute Gasteiger partial charge is 0.273 e. The van der Waals surface area contributed by atoms with Gasteiger partial charge in [0.1, 0.15) is 5.69 Å². The van der Waals surface area contributed by atoms with Crippen LogP contribution < -0.4 is 10.6 Å². The van der Waals surface area contributed by atoms with E-state index in [4.69, 9.17) is 11.6 Å². The van der Waals surface area contributed by atoms with Crippen LogP contribution in [0, 0.1) is 0 Å². The third-order valence-corrected chi connectivity index (χ3v) is 7.77. The molecule has 5 rings (SSSR count). The number of piperazine rings is 1. The number of nitrogens with zero attached hydrogens (tertiary/aromatic N) is 3. The number of halogens is 1. The van der Waals surface area contributed by atoms with Crippen LogP contribution in [0.1, 0.15) is 27.7 Å². The highest BCUT2D eigenvalue weighted by Crippen LogP contribution is 2.27. The first-order chi connectivity index (χ1) is 19.0. The molecule has 4 aromatic rings. The lowest BCUT2D eigenvalue weighted by molar-refractivity contribution is -0.123. The summed E-state index contributed by atoms with van der Waals surface area (Å²) in [4.78, 5) is 34.4. The fraction of sp³-hybridized carbons (Fsp3) is 0.233. The van der Waals surface area contributed by atoms with Crippen molar-refractivity contribution in [2.75, 3.05) is 38.0 Å². The fourth-order valence-corrected chi connectivity index (χ4v) is 5.49. The Balaban J connectivity index is 1.13. The van der Waals surface area contributed by atoms with E-state index < -0.39 is 0 Å². The first-order valence-corrected chi connectivity index (χ1v) is 14.2. The largest absolute Gasteiger partial charge is 0.348 e. The second-order valence-electron chi connectivity index (χ2n) is 9.43. The average molecular weight is 560 g/mol. The van der Waals surface area contributed by atoms with E-state index in [-0.39, 0.29) is 17.9 Å². The number of aromatic nitrogens is 1. The van der Waals surface area contributed by atoms with E-state index in [1.54, 1.807) is 16.3 Å². The Bertz CT molecular complexity index is 1390. The minimum Gasteiger partial charge on any atom is -0.348 e. The molecule has 1 aliphatic rings. The molecular weight excluding hydrogens is 530 g/mol. The van der Waals surface area contributed by atoms with Gasteiger partial charge in [-0.25, -0.2) is 4.98 Å². The average Bonchev–Trinajstić information content (AvgIpc) is 3.43. The van der Waals surface area contributed by atoms with E-state index in [1.807, 2.05) is 66.7 Å². The molecule has 0 saturated carbocycles. The SMILES string of the molecule is O=C(CN1CCN(C(=O)c2csc(Nc3ccccc3Cl)n2)CC1)N[C@@H](Cc1ccccc1)c1ccccc1. The highest BCUT2D eigenvalue weighted by Gasteiger charge is 2.26. The molecule has 0 aliphatic carbocycles. The summed E-state index contributed by atoms with van der Waals surface area (Å²) >= 11 is 7.58. The molecule has 0 unspecified atom stereocenters. The lowest BCUT2D eigenvalue weighted by Gasteiger charge is -2.34. The lowest BCUT2D eigenvalue weighted by Crippen LogP contribution is -2.51. The molecule has 1 saturated heterocycles. The van der Waals surface area contributed by atoms with Gasteiger partial charge in [-0.1, -0.05) is 84.4 Å². The number of carbonyl (C=O) groups excluding carboxylic acids is 2. The molecule has 7 nitrogen and oxygen atoms in total. The number of hydrogen-bond acceptors (Lipinski definition) is 6. The van der Waals surface area contributed by atoms with Crippen molar-refractivity contribution in [2.24, 2.45) is 0 Å². The van der Waals surface area contributed by atoms with Crippen molar-refractivity contribution in [3.63, 3.8) is 0 Å². The van der Waals surface area contributed by atoms with Gasteiger partial charge in [0.25, 0.3) is 5.91 Å². The Morgan fingerprint density at radius 3 is 2.28 bits per heavy atom. The van der Waals surface area contributed by atoms with Crippen molar-refractivity contribution < 1.29 is 9.59 Å². The van der Waals surface area contributed by atoms with Gasteiger partial charge >= 0.3 is 0 Å². The third-order valence-electron chi connectivity index (χ3n) is 6.69. The number of hydrogen-bond donors (Lipinski definition) is 2. The van der Waals surface area contributed by atoms with E-state index in [2.05, 4.69) is 32.7 Å². The Hall–Kier alpha value is -3.72. The topological polar surface area (TPSA) is 77.6 Å². The summed E-state index contributed by atoms with van der Waals surface area (Å²) in [5, 5.41) is 9.37. The number of anilines is 2. The number of rotatable bonds is 9. The van der Waals surface area contributed by atoms with Crippen LogP contribution >= 0.6 is 22.9 Å². The van der Waals surface area contributed by atoms with Crippen LogP contribution in [0.5, 0.6) is 0 Å². The summed E-state index contributed by atoms with van der Waals surface area (Å²) in [5.74, 6) is -0.121. The summed E-state index contributed by atoms with van der Waals surface area (Å²) in [7, 11) is 0. The second kappa shape index (κ2) is 12.9. The van der Waals surface area contributed by atoms with Gasteiger partial charge in [-0.2, -0.15) is 0 Å². The van der Waals surface area contributed by atoms with Crippen LogP contribution in [-0.2, 0) is 11.2 Å². The molecule has 0 spiro atoms. The Labute approximate surface area is 237 Å². The van der Waals surface area contributed by atoms with E-state index in [9.17, 15) is 9.59 Å². The maximum absolute atomic E-state index is 13.1. The molecule has 1 atom stereocenters. The lowest BCUT2D eigenvalue weighted by atomic mass is 9.99. The summed E-state index contributed by atoms with van der Waals surface area (Å²) in [6.07, 6.45) is 0.722. The van der Waals surface area contributed by atoms with Gasteiger partial charge in [-0.05, 0) is 29.7 Å². The van der Waals surface area contributed by atoms with E-state index in [0.29, 0.717) is 48.6 Å². The van der Waals surface area contributed by atoms with Crippen molar-refractivity contribution in [1.29, 1.82) is 0 Å². The fourth-order valence-electron chi connectivity index (χ4n) is 4.61. The Morgan fingerprint density at radius 2 is 1.56 bits per heavy atom. The Kier molecular flexibility index (Phi) is 8.88. The molecule has 2 heterocycles. The maximum Gasteiger partial charge on any atom is 0.273 e. The normalized spacial score (nSPS) is 14.5. The maximum atomic E-state index is 13.1. The highest BCUT2D eigenvalue weighted by atomic mass is 35.5. The van der Waals surface area contributed by atoms with Gasteiger partial charge in [0.2, 0.25) is 5.91 Å². The summed E-state index contributed by atoms with van der Waals surface area (Å²) < 4.78 is 0.